The molecule has 168 valence electrons. The molecule has 0 saturated carbocycles. The first kappa shape index (κ1) is 21.3. The maximum Gasteiger partial charge on any atom is 0.243 e. The quantitative estimate of drug-likeness (QED) is 0.506. The first-order chi connectivity index (χ1) is 15.6. The number of hydrogen-bond donors (Lipinski definition) is 3. The number of hydrogen-bond acceptors (Lipinski definition) is 6. The van der Waals surface area contributed by atoms with Crippen molar-refractivity contribution in [2.24, 2.45) is 5.92 Å². The average molecular weight is 475 g/mol. The van der Waals surface area contributed by atoms with E-state index in [0.717, 1.165) is 41.9 Å². The molecule has 2 aliphatic heterocycles. The molecule has 32 heavy (non-hydrogen) atoms. The van der Waals surface area contributed by atoms with Gasteiger partial charge in [-0.15, -0.1) is 0 Å². The zero-order valence-electron chi connectivity index (χ0n) is 17.4. The van der Waals surface area contributed by atoms with Gasteiger partial charge < -0.3 is 25.3 Å². The van der Waals surface area contributed by atoms with Crippen molar-refractivity contribution < 1.29 is 9.53 Å². The van der Waals surface area contributed by atoms with Crippen molar-refractivity contribution in [3.63, 3.8) is 0 Å². The van der Waals surface area contributed by atoms with Gasteiger partial charge in [0.25, 0.3) is 0 Å². The Labute approximate surface area is 195 Å². The van der Waals surface area contributed by atoms with Crippen LogP contribution in [0.5, 0.6) is 0 Å². The Morgan fingerprint density at radius 2 is 2.03 bits per heavy atom. The summed E-state index contributed by atoms with van der Waals surface area (Å²) in [6.07, 6.45) is 5.32. The number of amides is 1. The number of anilines is 2. The van der Waals surface area contributed by atoms with Crippen LogP contribution in [-0.4, -0.2) is 59.2 Å². The van der Waals surface area contributed by atoms with Crippen LogP contribution in [0.25, 0.3) is 11.0 Å². The van der Waals surface area contributed by atoms with Crippen molar-refractivity contribution in [1.29, 1.82) is 0 Å². The number of benzene rings is 1. The lowest BCUT2D eigenvalue weighted by molar-refractivity contribution is -0.128. The molecule has 2 aromatic heterocycles. The molecule has 5 rings (SSSR count). The van der Waals surface area contributed by atoms with E-state index in [1.54, 1.807) is 24.5 Å². The van der Waals surface area contributed by atoms with Crippen LogP contribution in [-0.2, 0) is 9.53 Å². The summed E-state index contributed by atoms with van der Waals surface area (Å²) >= 11 is 12.3. The third kappa shape index (κ3) is 4.48. The minimum absolute atomic E-state index is 0.0217. The normalized spacial score (nSPS) is 20.1. The van der Waals surface area contributed by atoms with E-state index in [1.807, 2.05) is 12.3 Å². The van der Waals surface area contributed by atoms with Gasteiger partial charge in [0.2, 0.25) is 5.91 Å². The van der Waals surface area contributed by atoms with Crippen LogP contribution in [0.4, 0.5) is 11.5 Å². The highest BCUT2D eigenvalue weighted by atomic mass is 35.5. The van der Waals surface area contributed by atoms with Crippen LogP contribution >= 0.6 is 23.2 Å². The summed E-state index contributed by atoms with van der Waals surface area (Å²) in [4.78, 5) is 27.4. The van der Waals surface area contributed by atoms with Gasteiger partial charge in [-0.25, -0.2) is 9.97 Å². The van der Waals surface area contributed by atoms with Gasteiger partial charge in [-0.1, -0.05) is 23.2 Å². The number of piperidine rings is 1. The monoisotopic (exact) mass is 474 g/mol. The molecular weight excluding hydrogens is 451 g/mol. The molecule has 0 bridgehead atoms. The Morgan fingerprint density at radius 3 is 2.78 bits per heavy atom. The Morgan fingerprint density at radius 1 is 1.22 bits per heavy atom. The smallest absolute Gasteiger partial charge is 0.243 e. The highest BCUT2D eigenvalue weighted by Gasteiger charge is 2.35. The van der Waals surface area contributed by atoms with Crippen molar-refractivity contribution in [3.8, 4) is 0 Å². The second-order valence-corrected chi connectivity index (χ2v) is 9.18. The number of rotatable bonds is 6. The molecule has 8 nitrogen and oxygen atoms in total. The van der Waals surface area contributed by atoms with Crippen molar-refractivity contribution in [2.75, 3.05) is 36.5 Å². The number of fused-ring (bicyclic) bond motifs is 1. The predicted octanol–water partition coefficient (Wildman–Crippen LogP) is 3.48. The van der Waals surface area contributed by atoms with Crippen LogP contribution in [0, 0.1) is 5.92 Å². The second-order valence-electron chi connectivity index (χ2n) is 8.31. The number of halogens is 2. The third-order valence-corrected chi connectivity index (χ3v) is 6.44. The van der Waals surface area contributed by atoms with E-state index >= 15 is 0 Å². The molecule has 3 N–H and O–H groups in total. The molecule has 2 atom stereocenters. The summed E-state index contributed by atoms with van der Waals surface area (Å²) in [5.41, 5.74) is 1.53. The molecular formula is C22H24Cl2N6O2. The highest BCUT2D eigenvalue weighted by Crippen LogP contribution is 2.27. The molecule has 2 saturated heterocycles. The van der Waals surface area contributed by atoms with Gasteiger partial charge in [-0.2, -0.15) is 0 Å². The second kappa shape index (κ2) is 9.13. The highest BCUT2D eigenvalue weighted by molar-refractivity contribution is 6.35. The number of aromatic amines is 1. The number of nitrogens with one attached hydrogen (secondary N) is 3. The number of carbonyl (C=O) groups excluding carboxylic acids is 1. The lowest BCUT2D eigenvalue weighted by atomic mass is 9.95. The molecule has 4 heterocycles. The predicted molar refractivity (Wildman–Crippen MR) is 125 cm³/mol. The maximum atomic E-state index is 13.3. The summed E-state index contributed by atoms with van der Waals surface area (Å²) < 4.78 is 5.35. The summed E-state index contributed by atoms with van der Waals surface area (Å²) in [5.74, 6) is 0.940. The van der Waals surface area contributed by atoms with Gasteiger partial charge in [-0.05, 0) is 37.1 Å². The van der Waals surface area contributed by atoms with E-state index in [1.165, 1.54) is 0 Å². The first-order valence-electron chi connectivity index (χ1n) is 10.7. The molecule has 1 amide bonds. The van der Waals surface area contributed by atoms with Gasteiger partial charge in [0.1, 0.15) is 23.8 Å². The Kier molecular flexibility index (Phi) is 6.08. The number of ether oxygens (including phenoxy) is 1. The fourth-order valence-electron chi connectivity index (χ4n) is 4.35. The van der Waals surface area contributed by atoms with Crippen LogP contribution in [0.1, 0.15) is 12.8 Å². The molecule has 0 aliphatic carbocycles. The van der Waals surface area contributed by atoms with Crippen LogP contribution < -0.4 is 15.5 Å². The average Bonchev–Trinajstić information content (AvgIpc) is 3.20. The standard InChI is InChI=1S/C22H24Cl2N6O2/c23-14-6-15(24)8-17(7-14)28-19(13-10-32-11-13)22(31)29-16-2-1-5-30(9-16)21-18-3-4-25-20(18)26-12-27-21/h3-4,6-8,12-13,16,19,28H,1-2,5,9-11H2,(H,29,31)(H,25,26,27)/t16-,19-/m1/s1. The largest absolute Gasteiger partial charge is 0.380 e. The fraction of sp³-hybridized carbons (Fsp3) is 0.409. The minimum Gasteiger partial charge on any atom is -0.380 e. The lowest BCUT2D eigenvalue weighted by Gasteiger charge is -2.37. The molecule has 2 fully saturated rings. The van der Waals surface area contributed by atoms with E-state index < -0.39 is 6.04 Å². The van der Waals surface area contributed by atoms with Gasteiger partial charge in [0.05, 0.1) is 18.6 Å². The SMILES string of the molecule is O=C(N[C@@H]1CCCN(c2ncnc3[nH]ccc23)C1)[C@H](Nc1cc(Cl)cc(Cl)c1)C1COC1. The molecule has 0 radical (unpaired) electrons. The molecule has 10 heteroatoms. The number of aromatic nitrogens is 3. The molecule has 0 spiro atoms. The van der Waals surface area contributed by atoms with E-state index in [9.17, 15) is 4.79 Å². The molecule has 1 aromatic carbocycles. The number of H-pyrrole nitrogens is 1. The van der Waals surface area contributed by atoms with E-state index in [-0.39, 0.29) is 17.9 Å². The number of nitrogens with zero attached hydrogens (tertiary/aromatic N) is 3. The van der Waals surface area contributed by atoms with Crippen molar-refractivity contribution >= 4 is 51.6 Å². The Hall–Kier alpha value is -2.55. The molecule has 2 aliphatic rings. The van der Waals surface area contributed by atoms with Gasteiger partial charge in [-0.3, -0.25) is 4.79 Å². The zero-order valence-corrected chi connectivity index (χ0v) is 18.9. The lowest BCUT2D eigenvalue weighted by Crippen LogP contribution is -2.56. The van der Waals surface area contributed by atoms with Crippen LogP contribution in [0.2, 0.25) is 10.0 Å². The molecule has 3 aromatic rings. The van der Waals surface area contributed by atoms with Crippen molar-refractivity contribution in [2.45, 2.75) is 24.9 Å². The fourth-order valence-corrected chi connectivity index (χ4v) is 4.88. The summed E-state index contributed by atoms with van der Waals surface area (Å²) in [7, 11) is 0. The summed E-state index contributed by atoms with van der Waals surface area (Å²) in [5, 5.41) is 8.59. The molecule has 0 unspecified atom stereocenters. The topological polar surface area (TPSA) is 95.2 Å². The van der Waals surface area contributed by atoms with Crippen molar-refractivity contribution in [1.82, 2.24) is 20.3 Å². The van der Waals surface area contributed by atoms with E-state index in [2.05, 4.69) is 30.5 Å². The first-order valence-corrected chi connectivity index (χ1v) is 11.5. The summed E-state index contributed by atoms with van der Waals surface area (Å²) in [6, 6.07) is 6.79. The van der Waals surface area contributed by atoms with Crippen molar-refractivity contribution in [3.05, 3.63) is 46.8 Å². The van der Waals surface area contributed by atoms with Crippen LogP contribution in [0.15, 0.2) is 36.8 Å². The zero-order chi connectivity index (χ0) is 22.1. The third-order valence-electron chi connectivity index (χ3n) is 6.00. The van der Waals surface area contributed by atoms with E-state index in [4.69, 9.17) is 27.9 Å². The van der Waals surface area contributed by atoms with Gasteiger partial charge in [0, 0.05) is 47.0 Å². The van der Waals surface area contributed by atoms with E-state index in [0.29, 0.717) is 29.8 Å². The maximum absolute atomic E-state index is 13.3. The minimum atomic E-state index is -0.427. The summed E-state index contributed by atoms with van der Waals surface area (Å²) in [6.45, 7) is 2.67. The Balaban J connectivity index is 1.29. The number of carbonyl (C=O) groups is 1. The van der Waals surface area contributed by atoms with Gasteiger partial charge in [0.15, 0.2) is 0 Å². The van der Waals surface area contributed by atoms with Gasteiger partial charge >= 0.3 is 0 Å². The Bertz CT molecular complexity index is 1100. The van der Waals surface area contributed by atoms with Crippen LogP contribution in [0.3, 0.4) is 0 Å².